The summed E-state index contributed by atoms with van der Waals surface area (Å²) in [5, 5.41) is 12.6. The van der Waals surface area contributed by atoms with E-state index >= 15 is 0 Å². The van der Waals surface area contributed by atoms with Gasteiger partial charge in [0.2, 0.25) is 11.7 Å². The summed E-state index contributed by atoms with van der Waals surface area (Å²) < 4.78 is 6.45. The molecule has 182 valence electrons. The summed E-state index contributed by atoms with van der Waals surface area (Å²) in [6, 6.07) is 22.8. The third kappa shape index (κ3) is 5.55. The van der Waals surface area contributed by atoms with Crippen LogP contribution in [-0.2, 0) is 0 Å². The van der Waals surface area contributed by atoms with Crippen molar-refractivity contribution in [2.75, 3.05) is 22.5 Å². The van der Waals surface area contributed by atoms with Gasteiger partial charge in [-0.25, -0.2) is 9.59 Å². The first-order chi connectivity index (χ1) is 17.5. The molecule has 9 nitrogen and oxygen atoms in total. The number of likely N-dealkylation sites (tertiary alicyclic amines) is 1. The first kappa shape index (κ1) is 23.6. The first-order valence-corrected chi connectivity index (χ1v) is 12.2. The molecule has 1 atom stereocenters. The number of urea groups is 2. The number of para-hydroxylation sites is 1. The zero-order valence-electron chi connectivity index (χ0n) is 19.1. The molecule has 0 aliphatic carbocycles. The number of carbonyl (C=O) groups is 2. The molecule has 36 heavy (non-hydrogen) atoms. The maximum atomic E-state index is 13.1. The molecule has 4 aromatic rings. The fourth-order valence-electron chi connectivity index (χ4n) is 4.07. The predicted molar refractivity (Wildman–Crippen MR) is 141 cm³/mol. The molecule has 1 aliphatic rings. The van der Waals surface area contributed by atoms with Crippen LogP contribution in [-0.4, -0.2) is 33.6 Å². The Morgan fingerprint density at radius 1 is 0.889 bits per heavy atom. The number of amides is 4. The molecule has 1 saturated heterocycles. The highest BCUT2D eigenvalue weighted by molar-refractivity contribution is 9.10. The van der Waals surface area contributed by atoms with E-state index in [-0.39, 0.29) is 18.1 Å². The van der Waals surface area contributed by atoms with Gasteiger partial charge < -0.3 is 25.4 Å². The van der Waals surface area contributed by atoms with Crippen molar-refractivity contribution < 1.29 is 14.1 Å². The molecule has 1 aromatic heterocycles. The summed E-state index contributed by atoms with van der Waals surface area (Å²) in [4.78, 5) is 31.7. The van der Waals surface area contributed by atoms with Gasteiger partial charge in [-0.05, 0) is 55.3 Å². The van der Waals surface area contributed by atoms with Crippen LogP contribution in [0.25, 0.3) is 11.4 Å². The van der Waals surface area contributed by atoms with Crippen molar-refractivity contribution in [1.82, 2.24) is 15.0 Å². The normalized spacial score (nSPS) is 14.9. The first-order valence-electron chi connectivity index (χ1n) is 11.5. The van der Waals surface area contributed by atoms with Crippen molar-refractivity contribution in [1.29, 1.82) is 0 Å². The number of benzene rings is 3. The van der Waals surface area contributed by atoms with E-state index in [9.17, 15) is 9.59 Å². The summed E-state index contributed by atoms with van der Waals surface area (Å²) in [5.74, 6) is 0.886. The summed E-state index contributed by atoms with van der Waals surface area (Å²) >= 11 is 3.45. The molecule has 0 radical (unpaired) electrons. The maximum absolute atomic E-state index is 13.1. The van der Waals surface area contributed by atoms with Crippen LogP contribution in [0.5, 0.6) is 0 Å². The van der Waals surface area contributed by atoms with Gasteiger partial charge in [0.15, 0.2) is 0 Å². The van der Waals surface area contributed by atoms with Gasteiger partial charge in [-0.2, -0.15) is 4.98 Å². The van der Waals surface area contributed by atoms with Crippen LogP contribution in [0.4, 0.5) is 26.7 Å². The Hall–Kier alpha value is -4.18. The molecule has 3 N–H and O–H groups in total. The minimum absolute atomic E-state index is 0.273. The van der Waals surface area contributed by atoms with Gasteiger partial charge in [0.05, 0.1) is 0 Å². The monoisotopic (exact) mass is 546 g/mol. The lowest BCUT2D eigenvalue weighted by molar-refractivity contribution is 0.193. The van der Waals surface area contributed by atoms with E-state index in [0.717, 1.165) is 22.9 Å². The summed E-state index contributed by atoms with van der Waals surface area (Å²) in [6.45, 7) is 0.572. The Kier molecular flexibility index (Phi) is 6.94. The second kappa shape index (κ2) is 10.6. The second-order valence-corrected chi connectivity index (χ2v) is 9.19. The van der Waals surface area contributed by atoms with Crippen LogP contribution in [0.1, 0.15) is 24.8 Å². The molecule has 1 aliphatic heterocycles. The van der Waals surface area contributed by atoms with Crippen LogP contribution in [0.15, 0.2) is 87.9 Å². The van der Waals surface area contributed by atoms with Crippen LogP contribution in [0.2, 0.25) is 0 Å². The van der Waals surface area contributed by atoms with Crippen LogP contribution in [0, 0.1) is 0 Å². The Labute approximate surface area is 216 Å². The number of hydrogen-bond acceptors (Lipinski definition) is 5. The molecule has 2 heterocycles. The van der Waals surface area contributed by atoms with Gasteiger partial charge in [-0.3, -0.25) is 0 Å². The van der Waals surface area contributed by atoms with Crippen molar-refractivity contribution in [3.05, 3.63) is 89.2 Å². The second-order valence-electron chi connectivity index (χ2n) is 8.27. The molecule has 0 bridgehead atoms. The zero-order chi connectivity index (χ0) is 24.9. The summed E-state index contributed by atoms with van der Waals surface area (Å²) in [6.07, 6.45) is 1.56. The molecular weight excluding hydrogens is 524 g/mol. The number of carbonyl (C=O) groups excluding carboxylic acids is 2. The van der Waals surface area contributed by atoms with E-state index in [1.807, 2.05) is 42.5 Å². The Bertz CT molecular complexity index is 1380. The van der Waals surface area contributed by atoms with Crippen molar-refractivity contribution in [3.63, 3.8) is 0 Å². The van der Waals surface area contributed by atoms with Crippen LogP contribution >= 0.6 is 15.9 Å². The summed E-state index contributed by atoms with van der Waals surface area (Å²) in [5.41, 5.74) is 2.62. The molecule has 10 heteroatoms. The molecule has 0 saturated carbocycles. The Balaban J connectivity index is 1.23. The van der Waals surface area contributed by atoms with E-state index in [1.54, 1.807) is 41.3 Å². The van der Waals surface area contributed by atoms with Crippen LogP contribution < -0.4 is 16.0 Å². The topological polar surface area (TPSA) is 112 Å². The van der Waals surface area contributed by atoms with E-state index < -0.39 is 0 Å². The lowest BCUT2D eigenvalue weighted by Gasteiger charge is -2.22. The van der Waals surface area contributed by atoms with Gasteiger partial charge in [0.25, 0.3) is 0 Å². The number of nitrogens with zero attached hydrogens (tertiary/aromatic N) is 3. The van der Waals surface area contributed by atoms with E-state index in [0.29, 0.717) is 35.3 Å². The smallest absolute Gasteiger partial charge is 0.323 e. The number of aromatic nitrogens is 2. The fraction of sp³-hybridized carbons (Fsp3) is 0.154. The van der Waals surface area contributed by atoms with Gasteiger partial charge >= 0.3 is 12.1 Å². The third-order valence-electron chi connectivity index (χ3n) is 5.73. The molecule has 4 amide bonds. The van der Waals surface area contributed by atoms with E-state index in [2.05, 4.69) is 42.0 Å². The number of hydrogen-bond donors (Lipinski definition) is 3. The Morgan fingerprint density at radius 3 is 2.42 bits per heavy atom. The number of rotatable bonds is 5. The highest BCUT2D eigenvalue weighted by Crippen LogP contribution is 2.33. The van der Waals surface area contributed by atoms with Crippen molar-refractivity contribution in [2.45, 2.75) is 18.9 Å². The average molecular weight is 547 g/mol. The van der Waals surface area contributed by atoms with Gasteiger partial charge in [-0.1, -0.05) is 57.5 Å². The highest BCUT2D eigenvalue weighted by Gasteiger charge is 2.34. The van der Waals surface area contributed by atoms with Crippen molar-refractivity contribution >= 4 is 45.1 Å². The lowest BCUT2D eigenvalue weighted by Crippen LogP contribution is -2.34. The van der Waals surface area contributed by atoms with Crippen molar-refractivity contribution in [3.8, 4) is 11.4 Å². The largest absolute Gasteiger partial charge is 0.337 e. The van der Waals surface area contributed by atoms with E-state index in [1.165, 1.54) is 0 Å². The molecular formula is C26H23BrN6O3. The minimum Gasteiger partial charge on any atom is -0.337 e. The fourth-order valence-corrected chi connectivity index (χ4v) is 4.47. The average Bonchev–Trinajstić information content (AvgIpc) is 3.55. The van der Waals surface area contributed by atoms with Crippen LogP contribution in [0.3, 0.4) is 0 Å². The predicted octanol–water partition coefficient (Wildman–Crippen LogP) is 6.51. The quantitative estimate of drug-likeness (QED) is 0.264. The summed E-state index contributed by atoms with van der Waals surface area (Å²) in [7, 11) is 0. The minimum atomic E-state index is -0.373. The highest BCUT2D eigenvalue weighted by atomic mass is 79.9. The van der Waals surface area contributed by atoms with Gasteiger partial charge in [0.1, 0.15) is 6.04 Å². The molecule has 5 rings (SSSR count). The standard InChI is InChI=1S/C26H23BrN6O3/c27-18-8-4-7-17(15-18)23-31-24(36-32-23)22-13-6-14-33(22)26(35)30-21-12-5-11-20(16-21)29-25(34)28-19-9-2-1-3-10-19/h1-5,7-12,15-16,22H,6,13-14H2,(H,30,35)(H2,28,29,34). The Morgan fingerprint density at radius 2 is 1.61 bits per heavy atom. The lowest BCUT2D eigenvalue weighted by atomic mass is 10.2. The number of nitrogens with one attached hydrogen (secondary N) is 3. The van der Waals surface area contributed by atoms with Crippen molar-refractivity contribution in [2.24, 2.45) is 0 Å². The SMILES string of the molecule is O=C(Nc1ccccc1)Nc1cccc(NC(=O)N2CCCC2c2nc(-c3cccc(Br)c3)no2)c1. The maximum Gasteiger partial charge on any atom is 0.323 e. The third-order valence-corrected chi connectivity index (χ3v) is 6.22. The van der Waals surface area contributed by atoms with Gasteiger partial charge in [-0.15, -0.1) is 0 Å². The molecule has 3 aromatic carbocycles. The van der Waals surface area contributed by atoms with Gasteiger partial charge in [0, 0.05) is 33.6 Å². The zero-order valence-corrected chi connectivity index (χ0v) is 20.7. The van der Waals surface area contributed by atoms with E-state index in [4.69, 9.17) is 4.52 Å². The molecule has 0 spiro atoms. The number of halogens is 1. The molecule has 1 fully saturated rings. The molecule has 1 unspecified atom stereocenters. The number of anilines is 3.